The molecule has 6 heteroatoms. The second-order valence-electron chi connectivity index (χ2n) is 4.39. The number of hydrogen-bond acceptors (Lipinski definition) is 3. The first-order valence-corrected chi connectivity index (χ1v) is 5.57. The van der Waals surface area contributed by atoms with E-state index in [1.165, 1.54) is 4.90 Å². The van der Waals surface area contributed by atoms with Gasteiger partial charge in [-0.05, 0) is 32.5 Å². The lowest BCUT2D eigenvalue weighted by Gasteiger charge is -2.37. The SMILES string of the molecule is CCN(CC(F)(F)F)CC1(O)CCNCC1. The molecule has 0 aromatic heterocycles. The van der Waals surface area contributed by atoms with Crippen molar-refractivity contribution in [1.29, 1.82) is 0 Å². The first kappa shape index (κ1) is 13.7. The third kappa shape index (κ3) is 4.67. The van der Waals surface area contributed by atoms with E-state index in [0.29, 0.717) is 32.5 Å². The molecule has 0 unspecified atom stereocenters. The van der Waals surface area contributed by atoms with Crippen molar-refractivity contribution in [3.05, 3.63) is 0 Å². The molecule has 16 heavy (non-hydrogen) atoms. The number of rotatable bonds is 4. The number of hydrogen-bond donors (Lipinski definition) is 2. The Morgan fingerprint density at radius 2 is 1.88 bits per heavy atom. The maximum absolute atomic E-state index is 12.2. The van der Waals surface area contributed by atoms with Gasteiger partial charge in [0, 0.05) is 6.54 Å². The third-order valence-electron chi connectivity index (χ3n) is 2.90. The van der Waals surface area contributed by atoms with Crippen LogP contribution in [-0.4, -0.2) is 54.5 Å². The zero-order valence-corrected chi connectivity index (χ0v) is 9.48. The van der Waals surface area contributed by atoms with Crippen LogP contribution < -0.4 is 5.32 Å². The van der Waals surface area contributed by atoms with Crippen molar-refractivity contribution in [1.82, 2.24) is 10.2 Å². The molecule has 3 nitrogen and oxygen atoms in total. The van der Waals surface area contributed by atoms with Gasteiger partial charge in [0.05, 0.1) is 12.1 Å². The Bertz CT molecular complexity index is 215. The summed E-state index contributed by atoms with van der Waals surface area (Å²) in [4.78, 5) is 1.26. The number of alkyl halides is 3. The lowest BCUT2D eigenvalue weighted by Crippen LogP contribution is -2.51. The molecule has 96 valence electrons. The summed E-state index contributed by atoms with van der Waals surface area (Å²) in [6.45, 7) is 2.47. The van der Waals surface area contributed by atoms with Gasteiger partial charge in [-0.1, -0.05) is 6.92 Å². The topological polar surface area (TPSA) is 35.5 Å². The molecule has 0 aromatic carbocycles. The monoisotopic (exact) mass is 240 g/mol. The van der Waals surface area contributed by atoms with Gasteiger partial charge in [0.2, 0.25) is 0 Å². The van der Waals surface area contributed by atoms with Crippen LogP contribution in [0, 0.1) is 0 Å². The van der Waals surface area contributed by atoms with Gasteiger partial charge >= 0.3 is 6.18 Å². The van der Waals surface area contributed by atoms with Crippen molar-refractivity contribution in [2.24, 2.45) is 0 Å². The van der Waals surface area contributed by atoms with E-state index in [2.05, 4.69) is 5.32 Å². The van der Waals surface area contributed by atoms with Crippen LogP contribution in [0.25, 0.3) is 0 Å². The molecule has 0 aliphatic carbocycles. The Balaban J connectivity index is 2.48. The molecule has 0 amide bonds. The number of nitrogens with zero attached hydrogens (tertiary/aromatic N) is 1. The first-order chi connectivity index (χ1) is 7.35. The number of piperidine rings is 1. The zero-order chi connectivity index (χ0) is 12.2. The fourth-order valence-corrected chi connectivity index (χ4v) is 2.00. The third-order valence-corrected chi connectivity index (χ3v) is 2.90. The predicted octanol–water partition coefficient (Wildman–Crippen LogP) is 0.985. The second-order valence-corrected chi connectivity index (χ2v) is 4.39. The summed E-state index contributed by atoms with van der Waals surface area (Å²) in [6, 6.07) is 0. The highest BCUT2D eigenvalue weighted by molar-refractivity contribution is 4.87. The Morgan fingerprint density at radius 1 is 1.31 bits per heavy atom. The van der Waals surface area contributed by atoms with Gasteiger partial charge < -0.3 is 10.4 Å². The van der Waals surface area contributed by atoms with Crippen LogP contribution in [0.15, 0.2) is 0 Å². The van der Waals surface area contributed by atoms with E-state index < -0.39 is 18.3 Å². The molecular weight excluding hydrogens is 221 g/mol. The summed E-state index contributed by atoms with van der Waals surface area (Å²) in [5, 5.41) is 13.2. The fourth-order valence-electron chi connectivity index (χ4n) is 2.00. The average molecular weight is 240 g/mol. The molecule has 0 aromatic rings. The Morgan fingerprint density at radius 3 is 2.31 bits per heavy atom. The summed E-state index contributed by atoms with van der Waals surface area (Å²) >= 11 is 0. The van der Waals surface area contributed by atoms with Crippen LogP contribution in [0.4, 0.5) is 13.2 Å². The van der Waals surface area contributed by atoms with Crippen molar-refractivity contribution in [3.63, 3.8) is 0 Å². The molecule has 0 bridgehead atoms. The summed E-state index contributed by atoms with van der Waals surface area (Å²) in [7, 11) is 0. The van der Waals surface area contributed by atoms with E-state index in [1.54, 1.807) is 6.92 Å². The minimum atomic E-state index is -4.20. The van der Waals surface area contributed by atoms with Gasteiger partial charge in [0.15, 0.2) is 0 Å². The first-order valence-electron chi connectivity index (χ1n) is 5.57. The summed E-state index contributed by atoms with van der Waals surface area (Å²) in [5.41, 5.74) is -0.966. The molecule has 2 N–H and O–H groups in total. The van der Waals surface area contributed by atoms with Crippen molar-refractivity contribution in [3.8, 4) is 0 Å². The minimum absolute atomic E-state index is 0.102. The van der Waals surface area contributed by atoms with Crippen LogP contribution in [0.2, 0.25) is 0 Å². The molecule has 1 aliphatic heterocycles. The van der Waals surface area contributed by atoms with Crippen molar-refractivity contribution >= 4 is 0 Å². The standard InChI is InChI=1S/C10H19F3N2O/c1-2-15(8-10(11,12)13)7-9(16)3-5-14-6-4-9/h14,16H,2-8H2,1H3. The number of nitrogens with one attached hydrogen (secondary N) is 1. The highest BCUT2D eigenvalue weighted by Gasteiger charge is 2.35. The van der Waals surface area contributed by atoms with Crippen LogP contribution in [0.3, 0.4) is 0 Å². The van der Waals surface area contributed by atoms with Gasteiger partial charge in [-0.25, -0.2) is 0 Å². The molecule has 1 rings (SSSR count). The van der Waals surface area contributed by atoms with Crippen LogP contribution in [0.1, 0.15) is 19.8 Å². The normalized spacial score (nSPS) is 21.4. The maximum atomic E-state index is 12.2. The van der Waals surface area contributed by atoms with Gasteiger partial charge in [0.1, 0.15) is 0 Å². The molecule has 0 atom stereocenters. The van der Waals surface area contributed by atoms with E-state index in [9.17, 15) is 18.3 Å². The molecule has 1 heterocycles. The highest BCUT2D eigenvalue weighted by atomic mass is 19.4. The zero-order valence-electron chi connectivity index (χ0n) is 9.48. The van der Waals surface area contributed by atoms with E-state index >= 15 is 0 Å². The van der Waals surface area contributed by atoms with Gasteiger partial charge in [-0.3, -0.25) is 4.90 Å². The van der Waals surface area contributed by atoms with E-state index in [0.717, 1.165) is 0 Å². The van der Waals surface area contributed by atoms with Crippen molar-refractivity contribution in [2.45, 2.75) is 31.5 Å². The number of halogens is 3. The van der Waals surface area contributed by atoms with Crippen LogP contribution >= 0.6 is 0 Å². The van der Waals surface area contributed by atoms with Crippen LogP contribution in [-0.2, 0) is 0 Å². The highest BCUT2D eigenvalue weighted by Crippen LogP contribution is 2.22. The lowest BCUT2D eigenvalue weighted by atomic mass is 9.92. The molecule has 0 spiro atoms. The van der Waals surface area contributed by atoms with Gasteiger partial charge in [-0.15, -0.1) is 0 Å². The van der Waals surface area contributed by atoms with Crippen molar-refractivity contribution in [2.75, 3.05) is 32.7 Å². The molecular formula is C10H19F3N2O. The van der Waals surface area contributed by atoms with Gasteiger partial charge in [-0.2, -0.15) is 13.2 Å². The molecule has 1 aliphatic rings. The maximum Gasteiger partial charge on any atom is 0.401 e. The Hall–Kier alpha value is -0.330. The number of aliphatic hydroxyl groups is 1. The fraction of sp³-hybridized carbons (Fsp3) is 1.00. The number of likely N-dealkylation sites (N-methyl/N-ethyl adjacent to an activating group) is 1. The van der Waals surface area contributed by atoms with E-state index in [-0.39, 0.29) is 6.54 Å². The summed E-state index contributed by atoms with van der Waals surface area (Å²) in [6.07, 6.45) is -3.16. The summed E-state index contributed by atoms with van der Waals surface area (Å²) in [5.74, 6) is 0. The largest absolute Gasteiger partial charge is 0.401 e. The molecule has 1 saturated heterocycles. The van der Waals surface area contributed by atoms with Gasteiger partial charge in [0.25, 0.3) is 0 Å². The second kappa shape index (κ2) is 5.33. The smallest absolute Gasteiger partial charge is 0.388 e. The van der Waals surface area contributed by atoms with Crippen LogP contribution in [0.5, 0.6) is 0 Å². The molecule has 0 radical (unpaired) electrons. The van der Waals surface area contributed by atoms with Crippen molar-refractivity contribution < 1.29 is 18.3 Å². The lowest BCUT2D eigenvalue weighted by molar-refractivity contribution is -0.153. The summed E-state index contributed by atoms with van der Waals surface area (Å²) < 4.78 is 36.7. The Labute approximate surface area is 93.6 Å². The van der Waals surface area contributed by atoms with E-state index in [1.807, 2.05) is 0 Å². The minimum Gasteiger partial charge on any atom is -0.388 e. The molecule has 1 fully saturated rings. The Kier molecular flexibility index (Phi) is 4.58. The molecule has 0 saturated carbocycles. The predicted molar refractivity (Wildman–Crippen MR) is 55.2 cm³/mol. The quantitative estimate of drug-likeness (QED) is 0.769. The average Bonchev–Trinajstić information content (AvgIpc) is 2.15. The van der Waals surface area contributed by atoms with E-state index in [4.69, 9.17) is 0 Å².